The SMILES string of the molecule is Cc1ncccc1Oc1ncc(Cl)cc1NS(=O)(=O)c1ccc(Cl)s1. The lowest BCUT2D eigenvalue weighted by atomic mass is 10.3. The van der Waals surface area contributed by atoms with E-state index in [2.05, 4.69) is 14.7 Å². The third-order valence-corrected chi connectivity index (χ3v) is 6.34. The fraction of sp³-hybridized carbons (Fsp3) is 0.0667. The lowest BCUT2D eigenvalue weighted by molar-refractivity contribution is 0.459. The second kappa shape index (κ2) is 7.17. The quantitative estimate of drug-likeness (QED) is 0.650. The maximum atomic E-state index is 12.5. The van der Waals surface area contributed by atoms with Gasteiger partial charge in [0.25, 0.3) is 10.0 Å². The van der Waals surface area contributed by atoms with Crippen molar-refractivity contribution < 1.29 is 13.2 Å². The van der Waals surface area contributed by atoms with Gasteiger partial charge in [-0.3, -0.25) is 9.71 Å². The summed E-state index contributed by atoms with van der Waals surface area (Å²) in [5.74, 6) is 0.517. The number of aryl methyl sites for hydroxylation is 1. The number of nitrogens with one attached hydrogen (secondary N) is 1. The molecule has 0 unspecified atom stereocenters. The van der Waals surface area contributed by atoms with Crippen molar-refractivity contribution in [2.75, 3.05) is 4.72 Å². The van der Waals surface area contributed by atoms with Gasteiger partial charge in [0.1, 0.15) is 9.90 Å². The number of ether oxygens (including phenoxy) is 1. The zero-order valence-corrected chi connectivity index (χ0v) is 15.9. The number of pyridine rings is 2. The molecule has 0 saturated heterocycles. The predicted molar refractivity (Wildman–Crippen MR) is 98.4 cm³/mol. The molecule has 0 fully saturated rings. The molecule has 6 nitrogen and oxygen atoms in total. The molecule has 0 amide bonds. The minimum Gasteiger partial charge on any atom is -0.435 e. The van der Waals surface area contributed by atoms with Crippen molar-refractivity contribution in [2.45, 2.75) is 11.1 Å². The van der Waals surface area contributed by atoms with Gasteiger partial charge in [-0.15, -0.1) is 11.3 Å². The minimum absolute atomic E-state index is 0.0618. The molecule has 25 heavy (non-hydrogen) atoms. The van der Waals surface area contributed by atoms with Crippen molar-refractivity contribution in [3.05, 3.63) is 57.8 Å². The standard InChI is InChI=1S/C15H11Cl2N3O3S2/c1-9-12(3-2-6-18-9)23-15-11(7-10(16)8-19-15)20-25(21,22)14-5-4-13(17)24-14/h2-8,20H,1H3. The summed E-state index contributed by atoms with van der Waals surface area (Å²) in [5.41, 5.74) is 0.748. The van der Waals surface area contributed by atoms with E-state index in [1.54, 1.807) is 25.3 Å². The third kappa shape index (κ3) is 4.21. The molecule has 0 atom stereocenters. The maximum absolute atomic E-state index is 12.5. The number of halogens is 2. The first-order chi connectivity index (χ1) is 11.8. The van der Waals surface area contributed by atoms with Crippen LogP contribution >= 0.6 is 34.5 Å². The molecule has 0 aliphatic rings. The molecule has 130 valence electrons. The molecule has 3 aromatic rings. The van der Waals surface area contributed by atoms with Crippen LogP contribution in [-0.4, -0.2) is 18.4 Å². The average Bonchev–Trinajstić information content (AvgIpc) is 2.99. The van der Waals surface area contributed by atoms with Gasteiger partial charge in [0.2, 0.25) is 5.88 Å². The van der Waals surface area contributed by atoms with E-state index in [0.717, 1.165) is 11.3 Å². The smallest absolute Gasteiger partial charge is 0.271 e. The van der Waals surface area contributed by atoms with Crippen LogP contribution in [0.4, 0.5) is 5.69 Å². The van der Waals surface area contributed by atoms with Crippen LogP contribution in [-0.2, 0) is 10.0 Å². The number of anilines is 1. The van der Waals surface area contributed by atoms with Crippen molar-refractivity contribution in [1.29, 1.82) is 0 Å². The Kier molecular flexibility index (Phi) is 5.14. The largest absolute Gasteiger partial charge is 0.435 e. The van der Waals surface area contributed by atoms with Crippen LogP contribution in [0.3, 0.4) is 0 Å². The maximum Gasteiger partial charge on any atom is 0.271 e. The highest BCUT2D eigenvalue weighted by molar-refractivity contribution is 7.94. The van der Waals surface area contributed by atoms with Crippen LogP contribution in [0.15, 0.2) is 46.9 Å². The highest BCUT2D eigenvalue weighted by atomic mass is 35.5. The van der Waals surface area contributed by atoms with E-state index in [-0.39, 0.29) is 20.8 Å². The molecule has 0 saturated carbocycles. The topological polar surface area (TPSA) is 81.2 Å². The van der Waals surface area contributed by atoms with Crippen molar-refractivity contribution in [1.82, 2.24) is 9.97 Å². The molecule has 10 heteroatoms. The lowest BCUT2D eigenvalue weighted by Gasteiger charge is -2.13. The molecule has 0 aromatic carbocycles. The first-order valence-corrected chi connectivity index (χ1v) is 9.94. The van der Waals surface area contributed by atoms with E-state index in [1.807, 2.05) is 0 Å². The second-order valence-corrected chi connectivity index (χ2v) is 8.92. The lowest BCUT2D eigenvalue weighted by Crippen LogP contribution is -2.12. The van der Waals surface area contributed by atoms with Crippen LogP contribution in [0.5, 0.6) is 11.6 Å². The van der Waals surface area contributed by atoms with Crippen molar-refractivity contribution in [2.24, 2.45) is 0 Å². The van der Waals surface area contributed by atoms with E-state index in [9.17, 15) is 8.42 Å². The number of nitrogens with zero attached hydrogens (tertiary/aromatic N) is 2. The molecular weight excluding hydrogens is 405 g/mol. The van der Waals surface area contributed by atoms with Crippen molar-refractivity contribution in [3.8, 4) is 11.6 Å². The molecule has 3 aromatic heterocycles. The van der Waals surface area contributed by atoms with Gasteiger partial charge in [0.05, 0.1) is 15.1 Å². The van der Waals surface area contributed by atoms with Crippen LogP contribution in [0.2, 0.25) is 9.36 Å². The molecule has 0 bridgehead atoms. The Morgan fingerprint density at radius 2 is 2.00 bits per heavy atom. The number of thiophene rings is 1. The Labute approximate surface area is 158 Å². The van der Waals surface area contributed by atoms with Crippen molar-refractivity contribution >= 4 is 50.2 Å². The monoisotopic (exact) mass is 415 g/mol. The summed E-state index contributed by atoms with van der Waals surface area (Å²) in [5, 5.41) is 0.261. The summed E-state index contributed by atoms with van der Waals surface area (Å²) in [4.78, 5) is 8.18. The Balaban J connectivity index is 1.96. The Bertz CT molecular complexity index is 1020. The molecule has 1 N–H and O–H groups in total. The van der Waals surface area contributed by atoms with E-state index in [0.29, 0.717) is 15.8 Å². The summed E-state index contributed by atoms with van der Waals surface area (Å²) in [6.45, 7) is 1.77. The van der Waals surface area contributed by atoms with Crippen molar-refractivity contribution in [3.63, 3.8) is 0 Å². The average molecular weight is 416 g/mol. The van der Waals surface area contributed by atoms with Gasteiger partial charge < -0.3 is 4.74 Å². The molecule has 0 aliphatic heterocycles. The van der Waals surface area contributed by atoms with Gasteiger partial charge in [-0.05, 0) is 37.3 Å². The fourth-order valence-corrected chi connectivity index (χ4v) is 4.59. The number of sulfonamides is 1. The zero-order valence-electron chi connectivity index (χ0n) is 12.7. The summed E-state index contributed by atoms with van der Waals surface area (Å²) >= 11 is 12.7. The Morgan fingerprint density at radius 3 is 2.68 bits per heavy atom. The Morgan fingerprint density at radius 1 is 1.20 bits per heavy atom. The number of rotatable bonds is 5. The minimum atomic E-state index is -3.84. The fourth-order valence-electron chi connectivity index (χ4n) is 1.90. The highest BCUT2D eigenvalue weighted by Crippen LogP contribution is 2.33. The van der Waals surface area contributed by atoms with Gasteiger partial charge in [-0.25, -0.2) is 13.4 Å². The summed E-state index contributed by atoms with van der Waals surface area (Å²) < 4.78 is 33.6. The highest BCUT2D eigenvalue weighted by Gasteiger charge is 2.20. The normalized spacial score (nSPS) is 11.3. The summed E-state index contributed by atoms with van der Waals surface area (Å²) in [6, 6.07) is 7.75. The van der Waals surface area contributed by atoms with E-state index >= 15 is 0 Å². The second-order valence-electron chi connectivity index (χ2n) is 4.86. The molecule has 3 rings (SSSR count). The first kappa shape index (κ1) is 17.9. The zero-order chi connectivity index (χ0) is 18.0. The molecule has 0 spiro atoms. The predicted octanol–water partition coefficient (Wildman–Crippen LogP) is 4.75. The van der Waals surface area contributed by atoms with Crippen LogP contribution in [0.1, 0.15) is 5.69 Å². The van der Waals surface area contributed by atoms with Crippen LogP contribution in [0.25, 0.3) is 0 Å². The number of hydrogen-bond acceptors (Lipinski definition) is 6. The van der Waals surface area contributed by atoms with E-state index in [4.69, 9.17) is 27.9 Å². The van der Waals surface area contributed by atoms with E-state index in [1.165, 1.54) is 24.4 Å². The molecule has 0 aliphatic carbocycles. The molecular formula is C15H11Cl2N3O3S2. The summed E-state index contributed by atoms with van der Waals surface area (Å²) in [7, 11) is -3.84. The van der Waals surface area contributed by atoms with Gasteiger partial charge in [-0.2, -0.15) is 0 Å². The molecule has 0 radical (unpaired) electrons. The Hall–Kier alpha value is -1.87. The summed E-state index contributed by atoms with van der Waals surface area (Å²) in [6.07, 6.45) is 2.99. The third-order valence-electron chi connectivity index (χ3n) is 3.04. The van der Waals surface area contributed by atoms with Gasteiger partial charge in [0.15, 0.2) is 5.75 Å². The molecule has 3 heterocycles. The van der Waals surface area contributed by atoms with E-state index < -0.39 is 10.0 Å². The van der Waals surface area contributed by atoms with Gasteiger partial charge >= 0.3 is 0 Å². The van der Waals surface area contributed by atoms with Crippen LogP contribution < -0.4 is 9.46 Å². The number of aromatic nitrogens is 2. The first-order valence-electron chi connectivity index (χ1n) is 6.88. The van der Waals surface area contributed by atoms with Gasteiger partial charge in [0, 0.05) is 12.4 Å². The van der Waals surface area contributed by atoms with Gasteiger partial charge in [-0.1, -0.05) is 23.2 Å². The van der Waals surface area contributed by atoms with Crippen LogP contribution in [0, 0.1) is 6.92 Å². The number of hydrogen-bond donors (Lipinski definition) is 1.